The molecule has 4 nitrogen and oxygen atoms in total. The van der Waals surface area contributed by atoms with Gasteiger partial charge in [-0.3, -0.25) is 4.79 Å². The number of hydrogen-bond donors (Lipinski definition) is 3. The van der Waals surface area contributed by atoms with Gasteiger partial charge in [-0.05, 0) is 6.42 Å². The van der Waals surface area contributed by atoms with Crippen LogP contribution in [0.5, 0.6) is 0 Å². The Balaban J connectivity index is 1.64. The van der Waals surface area contributed by atoms with E-state index >= 15 is 0 Å². The van der Waals surface area contributed by atoms with Crippen LogP contribution in [0.1, 0.15) is 6.42 Å². The molecule has 2 atom stereocenters. The second kappa shape index (κ2) is 4.23. The Kier molecular flexibility index (Phi) is 2.98. The summed E-state index contributed by atoms with van der Waals surface area (Å²) in [4.78, 5) is 11.4. The maximum absolute atomic E-state index is 12.7. The molecule has 2 aliphatic heterocycles. The Bertz CT molecular complexity index is 220. The van der Waals surface area contributed by atoms with E-state index in [1.807, 2.05) is 0 Å². The number of alkyl halides is 1. The Labute approximate surface area is 82.6 Å². The molecular weight excluding hydrogens is 185 g/mol. The van der Waals surface area contributed by atoms with E-state index in [4.69, 9.17) is 0 Å². The molecule has 0 saturated carbocycles. The van der Waals surface area contributed by atoms with Crippen LogP contribution in [0.2, 0.25) is 0 Å². The summed E-state index contributed by atoms with van der Waals surface area (Å²) < 4.78 is 12.7. The van der Waals surface area contributed by atoms with Crippen LogP contribution >= 0.6 is 0 Å². The van der Waals surface area contributed by atoms with Gasteiger partial charge >= 0.3 is 0 Å². The zero-order valence-corrected chi connectivity index (χ0v) is 8.05. The highest BCUT2D eigenvalue weighted by atomic mass is 19.1. The van der Waals surface area contributed by atoms with Crippen LogP contribution in [0.25, 0.3) is 0 Å². The van der Waals surface area contributed by atoms with Gasteiger partial charge in [0.25, 0.3) is 0 Å². The van der Waals surface area contributed by atoms with Crippen molar-refractivity contribution in [2.45, 2.75) is 18.6 Å². The quantitative estimate of drug-likeness (QED) is 0.550. The van der Waals surface area contributed by atoms with Crippen LogP contribution in [0.4, 0.5) is 4.39 Å². The van der Waals surface area contributed by atoms with Gasteiger partial charge < -0.3 is 16.0 Å². The summed E-state index contributed by atoms with van der Waals surface area (Å²) >= 11 is 0. The summed E-state index contributed by atoms with van der Waals surface area (Å²) in [6, 6.07) is 0.113. The molecule has 2 rings (SSSR count). The predicted octanol–water partition coefficient (Wildman–Crippen LogP) is -0.978. The lowest BCUT2D eigenvalue weighted by atomic mass is 10.0. The van der Waals surface area contributed by atoms with E-state index in [0.717, 1.165) is 13.1 Å². The topological polar surface area (TPSA) is 53.2 Å². The lowest BCUT2D eigenvalue weighted by molar-refractivity contribution is -0.126. The van der Waals surface area contributed by atoms with Crippen LogP contribution in [0, 0.1) is 5.92 Å². The number of carbonyl (C=O) groups is 1. The molecule has 2 aliphatic rings. The Morgan fingerprint density at radius 3 is 2.71 bits per heavy atom. The molecule has 0 aromatic carbocycles. The van der Waals surface area contributed by atoms with Crippen LogP contribution < -0.4 is 16.0 Å². The average Bonchev–Trinajstić information content (AvgIpc) is 2.45. The van der Waals surface area contributed by atoms with Gasteiger partial charge in [-0.2, -0.15) is 0 Å². The van der Waals surface area contributed by atoms with Gasteiger partial charge in [-0.15, -0.1) is 0 Å². The van der Waals surface area contributed by atoms with Crippen LogP contribution in [-0.4, -0.2) is 44.3 Å². The Morgan fingerprint density at radius 1 is 1.43 bits per heavy atom. The monoisotopic (exact) mass is 201 g/mol. The third-order valence-electron chi connectivity index (χ3n) is 2.84. The van der Waals surface area contributed by atoms with Crippen LogP contribution in [0.15, 0.2) is 0 Å². The van der Waals surface area contributed by atoms with E-state index in [1.165, 1.54) is 0 Å². The molecule has 0 unspecified atom stereocenters. The molecule has 0 radical (unpaired) electrons. The molecular formula is C9H16FN3O. The summed E-state index contributed by atoms with van der Waals surface area (Å²) in [5, 5.41) is 8.91. The first kappa shape index (κ1) is 9.86. The molecule has 3 N–H and O–H groups in total. The van der Waals surface area contributed by atoms with E-state index in [0.29, 0.717) is 19.5 Å². The van der Waals surface area contributed by atoms with Crippen molar-refractivity contribution >= 4 is 5.91 Å². The SMILES string of the molecule is O=C(NC[C@@H]1C[C@H](F)CN1)C1CNC1. The first-order valence-electron chi connectivity index (χ1n) is 5.11. The van der Waals surface area contributed by atoms with Gasteiger partial charge in [-0.25, -0.2) is 4.39 Å². The van der Waals surface area contributed by atoms with E-state index in [2.05, 4.69) is 16.0 Å². The van der Waals surface area contributed by atoms with Gasteiger partial charge in [0.1, 0.15) is 6.17 Å². The normalized spacial score (nSPS) is 32.6. The van der Waals surface area contributed by atoms with Crippen molar-refractivity contribution in [2.75, 3.05) is 26.2 Å². The minimum Gasteiger partial charge on any atom is -0.354 e. The largest absolute Gasteiger partial charge is 0.354 e. The molecule has 2 saturated heterocycles. The Hall–Kier alpha value is -0.680. The number of hydrogen-bond acceptors (Lipinski definition) is 3. The zero-order valence-electron chi connectivity index (χ0n) is 8.05. The molecule has 14 heavy (non-hydrogen) atoms. The highest BCUT2D eigenvalue weighted by Crippen LogP contribution is 2.09. The van der Waals surface area contributed by atoms with Gasteiger partial charge in [-0.1, -0.05) is 0 Å². The standard InChI is InChI=1S/C9H16FN3O/c10-7-1-8(12-4-7)5-13-9(14)6-2-11-3-6/h6-8,11-12H,1-5H2,(H,13,14)/t7-,8-/m0/s1. The van der Waals surface area contributed by atoms with E-state index in [-0.39, 0.29) is 17.9 Å². The maximum Gasteiger partial charge on any atom is 0.225 e. The van der Waals surface area contributed by atoms with Crippen molar-refractivity contribution in [3.63, 3.8) is 0 Å². The first-order chi connectivity index (χ1) is 6.75. The van der Waals surface area contributed by atoms with E-state index in [9.17, 15) is 9.18 Å². The average molecular weight is 201 g/mol. The first-order valence-corrected chi connectivity index (χ1v) is 5.11. The van der Waals surface area contributed by atoms with Gasteiger partial charge in [0, 0.05) is 32.2 Å². The highest BCUT2D eigenvalue weighted by Gasteiger charge is 2.27. The molecule has 2 heterocycles. The highest BCUT2D eigenvalue weighted by molar-refractivity contribution is 5.80. The smallest absolute Gasteiger partial charge is 0.225 e. The molecule has 2 fully saturated rings. The van der Waals surface area contributed by atoms with Crippen molar-refractivity contribution in [3.05, 3.63) is 0 Å². The number of amides is 1. The second-order valence-electron chi connectivity index (χ2n) is 4.04. The van der Waals surface area contributed by atoms with E-state index in [1.54, 1.807) is 0 Å². The van der Waals surface area contributed by atoms with Crippen LogP contribution in [-0.2, 0) is 4.79 Å². The minimum atomic E-state index is -0.748. The lowest BCUT2D eigenvalue weighted by Crippen LogP contribution is -2.52. The summed E-state index contributed by atoms with van der Waals surface area (Å²) in [7, 11) is 0. The maximum atomic E-state index is 12.7. The molecule has 0 aromatic rings. The van der Waals surface area contributed by atoms with Gasteiger partial charge in [0.2, 0.25) is 5.91 Å². The molecule has 1 amide bonds. The fourth-order valence-corrected chi connectivity index (χ4v) is 1.77. The molecule has 0 aromatic heterocycles. The molecule has 0 spiro atoms. The van der Waals surface area contributed by atoms with Crippen molar-refractivity contribution in [3.8, 4) is 0 Å². The van der Waals surface area contributed by atoms with Crippen molar-refractivity contribution in [2.24, 2.45) is 5.92 Å². The van der Waals surface area contributed by atoms with Gasteiger partial charge in [0.15, 0.2) is 0 Å². The number of nitrogens with one attached hydrogen (secondary N) is 3. The molecule has 0 bridgehead atoms. The van der Waals surface area contributed by atoms with Crippen molar-refractivity contribution < 1.29 is 9.18 Å². The fraction of sp³-hybridized carbons (Fsp3) is 0.889. The van der Waals surface area contributed by atoms with E-state index < -0.39 is 6.17 Å². The molecule has 80 valence electrons. The lowest BCUT2D eigenvalue weighted by Gasteiger charge is -2.26. The third-order valence-corrected chi connectivity index (χ3v) is 2.84. The molecule has 0 aliphatic carbocycles. The minimum absolute atomic E-state index is 0.0906. The predicted molar refractivity (Wildman–Crippen MR) is 50.7 cm³/mol. The van der Waals surface area contributed by atoms with Crippen LogP contribution in [0.3, 0.4) is 0 Å². The zero-order chi connectivity index (χ0) is 9.97. The number of carbonyl (C=O) groups excluding carboxylic acids is 1. The summed E-state index contributed by atoms with van der Waals surface area (Å²) in [6.45, 7) is 2.52. The summed E-state index contributed by atoms with van der Waals surface area (Å²) in [5.41, 5.74) is 0. The van der Waals surface area contributed by atoms with Gasteiger partial charge in [0.05, 0.1) is 5.92 Å². The molecule has 5 heteroatoms. The Morgan fingerprint density at radius 2 is 2.21 bits per heavy atom. The van der Waals surface area contributed by atoms with Crippen molar-refractivity contribution in [1.82, 2.24) is 16.0 Å². The summed E-state index contributed by atoms with van der Waals surface area (Å²) in [6.07, 6.45) is -0.231. The summed E-state index contributed by atoms with van der Waals surface area (Å²) in [5.74, 6) is 0.213. The number of halogens is 1. The van der Waals surface area contributed by atoms with Crippen molar-refractivity contribution in [1.29, 1.82) is 0 Å². The third kappa shape index (κ3) is 2.22. The second-order valence-corrected chi connectivity index (χ2v) is 4.04. The fourth-order valence-electron chi connectivity index (χ4n) is 1.77. The number of rotatable bonds is 3.